The molecule has 0 unspecified atom stereocenters. The van der Waals surface area contributed by atoms with E-state index in [-0.39, 0.29) is 11.5 Å². The first-order valence-corrected chi connectivity index (χ1v) is 12.2. The molecule has 0 aliphatic carbocycles. The minimum absolute atomic E-state index is 0.129. The van der Waals surface area contributed by atoms with Crippen LogP contribution in [0.25, 0.3) is 6.08 Å². The highest BCUT2D eigenvalue weighted by Gasteiger charge is 2.32. The largest absolute Gasteiger partial charge is 0.489 e. The van der Waals surface area contributed by atoms with E-state index in [1.165, 1.54) is 23.9 Å². The number of ether oxygens (including phenoxy) is 1. The molecule has 3 aromatic rings. The molecule has 6 nitrogen and oxygen atoms in total. The zero-order valence-electron chi connectivity index (χ0n) is 18.6. The van der Waals surface area contributed by atoms with E-state index in [2.05, 4.69) is 4.99 Å². The van der Waals surface area contributed by atoms with Gasteiger partial charge in [0, 0.05) is 22.2 Å². The van der Waals surface area contributed by atoms with Crippen molar-refractivity contribution in [1.82, 2.24) is 4.90 Å². The molecule has 1 amide bonds. The Morgan fingerprint density at radius 2 is 1.80 bits per heavy atom. The van der Waals surface area contributed by atoms with E-state index in [1.54, 1.807) is 29.2 Å². The molecule has 1 saturated heterocycles. The third kappa shape index (κ3) is 6.06. The van der Waals surface area contributed by atoms with Gasteiger partial charge in [-0.15, -0.1) is 0 Å². The van der Waals surface area contributed by atoms with Crippen LogP contribution in [0.2, 0.25) is 10.0 Å². The number of amides is 1. The predicted octanol–water partition coefficient (Wildman–Crippen LogP) is 6.89. The van der Waals surface area contributed by atoms with Gasteiger partial charge in [-0.1, -0.05) is 41.4 Å². The smallest absolute Gasteiger partial charge is 0.335 e. The van der Waals surface area contributed by atoms with Crippen molar-refractivity contribution in [3.05, 3.63) is 98.4 Å². The minimum Gasteiger partial charge on any atom is -0.489 e. The van der Waals surface area contributed by atoms with Gasteiger partial charge in [-0.25, -0.2) is 9.79 Å². The highest BCUT2D eigenvalue weighted by Crippen LogP contribution is 2.34. The first kappa shape index (κ1) is 24.9. The fourth-order valence-electron chi connectivity index (χ4n) is 3.27. The summed E-state index contributed by atoms with van der Waals surface area (Å²) < 4.78 is 5.82. The van der Waals surface area contributed by atoms with Gasteiger partial charge in [0.15, 0.2) is 5.17 Å². The van der Waals surface area contributed by atoms with Crippen LogP contribution in [-0.2, 0) is 11.4 Å². The standard InChI is InChI=1S/C26H20Cl2N2O4S/c1-2-30-24(31)23(35-26(30)29-20-9-6-17(7-10-20)25(32)33)13-16-3-11-21(12-4-16)34-15-18-5-8-19(27)14-22(18)28/h3-14H,2,15H2,1H3,(H,32,33)/b23-13-,29-26?. The number of hydrogen-bond donors (Lipinski definition) is 1. The van der Waals surface area contributed by atoms with E-state index in [9.17, 15) is 9.59 Å². The summed E-state index contributed by atoms with van der Waals surface area (Å²) in [5, 5.41) is 10.7. The van der Waals surface area contributed by atoms with Gasteiger partial charge in [-0.2, -0.15) is 0 Å². The van der Waals surface area contributed by atoms with Crippen molar-refractivity contribution >= 4 is 63.8 Å². The topological polar surface area (TPSA) is 79.2 Å². The first-order chi connectivity index (χ1) is 16.8. The average Bonchev–Trinajstić information content (AvgIpc) is 3.13. The molecular weight excluding hydrogens is 507 g/mol. The van der Waals surface area contributed by atoms with Gasteiger partial charge in [0.25, 0.3) is 5.91 Å². The van der Waals surface area contributed by atoms with Crippen molar-refractivity contribution in [3.63, 3.8) is 0 Å². The molecule has 4 rings (SSSR count). The number of carboxylic acid groups (broad SMARTS) is 1. The maximum atomic E-state index is 12.9. The van der Waals surface area contributed by atoms with Gasteiger partial charge in [0.05, 0.1) is 16.2 Å². The molecule has 0 spiro atoms. The maximum absolute atomic E-state index is 12.9. The Morgan fingerprint density at radius 1 is 1.09 bits per heavy atom. The van der Waals surface area contributed by atoms with Crippen molar-refractivity contribution in [1.29, 1.82) is 0 Å². The zero-order valence-corrected chi connectivity index (χ0v) is 20.9. The number of carboxylic acids is 1. The number of aliphatic imine (C=N–C) groups is 1. The Kier molecular flexibility index (Phi) is 7.80. The normalized spacial score (nSPS) is 15.7. The molecule has 1 N–H and O–H groups in total. The molecule has 178 valence electrons. The Morgan fingerprint density at radius 3 is 2.43 bits per heavy atom. The lowest BCUT2D eigenvalue weighted by atomic mass is 10.2. The quantitative estimate of drug-likeness (QED) is 0.339. The third-order valence-corrected chi connectivity index (χ3v) is 6.72. The van der Waals surface area contributed by atoms with Crippen LogP contribution >= 0.6 is 35.0 Å². The summed E-state index contributed by atoms with van der Waals surface area (Å²) >= 11 is 13.4. The first-order valence-electron chi connectivity index (χ1n) is 10.6. The van der Waals surface area contributed by atoms with Crippen LogP contribution < -0.4 is 4.74 Å². The van der Waals surface area contributed by atoms with E-state index >= 15 is 0 Å². The summed E-state index contributed by atoms with van der Waals surface area (Å²) in [5.41, 5.74) is 2.44. The van der Waals surface area contributed by atoms with Gasteiger partial charge in [-0.3, -0.25) is 9.69 Å². The van der Waals surface area contributed by atoms with E-state index < -0.39 is 5.97 Å². The second-order valence-corrected chi connectivity index (χ2v) is 9.35. The average molecular weight is 527 g/mol. The van der Waals surface area contributed by atoms with Crippen molar-refractivity contribution in [3.8, 4) is 5.75 Å². The second-order valence-electron chi connectivity index (χ2n) is 7.50. The van der Waals surface area contributed by atoms with Crippen molar-refractivity contribution < 1.29 is 19.4 Å². The number of hydrogen-bond acceptors (Lipinski definition) is 5. The fourth-order valence-corrected chi connectivity index (χ4v) is 4.80. The van der Waals surface area contributed by atoms with Crippen LogP contribution in [0.4, 0.5) is 5.69 Å². The lowest BCUT2D eigenvalue weighted by Crippen LogP contribution is -2.28. The summed E-state index contributed by atoms with van der Waals surface area (Å²) in [6.45, 7) is 2.66. The molecule has 9 heteroatoms. The molecule has 0 aromatic heterocycles. The summed E-state index contributed by atoms with van der Waals surface area (Å²) in [5.74, 6) is -0.456. The van der Waals surface area contributed by atoms with Gasteiger partial charge < -0.3 is 9.84 Å². The molecule has 35 heavy (non-hydrogen) atoms. The van der Waals surface area contributed by atoms with E-state index in [0.29, 0.717) is 44.7 Å². The number of likely N-dealkylation sites (N-methyl/N-ethyl adjacent to an activating group) is 1. The summed E-state index contributed by atoms with van der Waals surface area (Å²) in [7, 11) is 0. The fraction of sp³-hybridized carbons (Fsp3) is 0.115. The Bertz CT molecular complexity index is 1320. The molecular formula is C26H20Cl2N2O4S. The Labute approximate surface area is 216 Å². The van der Waals surface area contributed by atoms with Gasteiger partial charge in [0.2, 0.25) is 0 Å². The number of amidine groups is 1. The van der Waals surface area contributed by atoms with Crippen LogP contribution in [0.3, 0.4) is 0 Å². The molecule has 1 aliphatic heterocycles. The molecule has 0 radical (unpaired) electrons. The molecule has 3 aromatic carbocycles. The lowest BCUT2D eigenvalue weighted by Gasteiger charge is -2.12. The molecule has 0 saturated carbocycles. The number of halogens is 2. The third-order valence-electron chi connectivity index (χ3n) is 5.13. The van der Waals surface area contributed by atoms with Crippen LogP contribution in [0.5, 0.6) is 5.75 Å². The number of carbonyl (C=O) groups excluding carboxylic acids is 1. The van der Waals surface area contributed by atoms with Crippen LogP contribution in [-0.4, -0.2) is 33.6 Å². The van der Waals surface area contributed by atoms with Crippen molar-refractivity contribution in [2.75, 3.05) is 6.54 Å². The molecule has 1 heterocycles. The highest BCUT2D eigenvalue weighted by molar-refractivity contribution is 8.18. The van der Waals surface area contributed by atoms with Gasteiger partial charge in [0.1, 0.15) is 12.4 Å². The SMILES string of the molecule is CCN1C(=O)/C(=C/c2ccc(OCc3ccc(Cl)cc3Cl)cc2)SC1=Nc1ccc(C(=O)O)cc1. The lowest BCUT2D eigenvalue weighted by molar-refractivity contribution is -0.122. The number of nitrogens with zero attached hydrogens (tertiary/aromatic N) is 2. The maximum Gasteiger partial charge on any atom is 0.335 e. The van der Waals surface area contributed by atoms with Crippen LogP contribution in [0.1, 0.15) is 28.4 Å². The number of thioether (sulfide) groups is 1. The van der Waals surface area contributed by atoms with Crippen molar-refractivity contribution in [2.45, 2.75) is 13.5 Å². The molecule has 0 bridgehead atoms. The summed E-state index contributed by atoms with van der Waals surface area (Å²) in [6.07, 6.45) is 1.81. The summed E-state index contributed by atoms with van der Waals surface area (Å²) in [4.78, 5) is 30.6. The van der Waals surface area contributed by atoms with E-state index in [1.807, 2.05) is 43.3 Å². The molecule has 0 atom stereocenters. The van der Waals surface area contributed by atoms with E-state index in [4.69, 9.17) is 33.0 Å². The van der Waals surface area contributed by atoms with Crippen molar-refractivity contribution in [2.24, 2.45) is 4.99 Å². The van der Waals surface area contributed by atoms with Gasteiger partial charge >= 0.3 is 5.97 Å². The molecule has 1 fully saturated rings. The van der Waals surface area contributed by atoms with Crippen LogP contribution in [0.15, 0.2) is 76.6 Å². The Hall–Kier alpha value is -3.26. The Balaban J connectivity index is 1.46. The molecule has 1 aliphatic rings. The second kappa shape index (κ2) is 11.0. The summed E-state index contributed by atoms with van der Waals surface area (Å²) in [6, 6.07) is 18.9. The van der Waals surface area contributed by atoms with E-state index in [0.717, 1.165) is 11.1 Å². The number of benzene rings is 3. The number of carbonyl (C=O) groups is 2. The number of aromatic carboxylic acids is 1. The monoisotopic (exact) mass is 526 g/mol. The zero-order chi connectivity index (χ0) is 24.9. The number of rotatable bonds is 7. The van der Waals surface area contributed by atoms with Crippen LogP contribution in [0, 0.1) is 0 Å². The predicted molar refractivity (Wildman–Crippen MR) is 141 cm³/mol. The highest BCUT2D eigenvalue weighted by atomic mass is 35.5. The van der Waals surface area contributed by atoms with Gasteiger partial charge in [-0.05, 0) is 78.9 Å². The minimum atomic E-state index is -1.000.